The second-order valence-electron chi connectivity index (χ2n) is 3.11. The van der Waals surface area contributed by atoms with Gasteiger partial charge in [-0.1, -0.05) is 13.0 Å². The predicted octanol–water partition coefficient (Wildman–Crippen LogP) is 1.54. The van der Waals surface area contributed by atoms with E-state index in [0.717, 1.165) is 6.42 Å². The van der Waals surface area contributed by atoms with Crippen LogP contribution in [0, 0.1) is 5.41 Å². The van der Waals surface area contributed by atoms with Crippen molar-refractivity contribution >= 4 is 5.84 Å². The molecule has 0 spiro atoms. The highest BCUT2D eigenvalue weighted by Gasteiger charge is 2.04. The van der Waals surface area contributed by atoms with Gasteiger partial charge in [0.05, 0.1) is 6.10 Å². The Morgan fingerprint density at radius 3 is 2.93 bits per heavy atom. The molecule has 0 aliphatic heterocycles. The summed E-state index contributed by atoms with van der Waals surface area (Å²) in [5, 5.41) is 7.22. The lowest BCUT2D eigenvalue weighted by atomic mass is 10.3. The van der Waals surface area contributed by atoms with Gasteiger partial charge in [-0.25, -0.2) is 4.98 Å². The minimum atomic E-state index is -0.0420. The van der Waals surface area contributed by atoms with Crippen LogP contribution in [0.15, 0.2) is 18.2 Å². The van der Waals surface area contributed by atoms with Crippen LogP contribution in [-0.2, 0) is 0 Å². The minimum Gasteiger partial charge on any atom is -0.475 e. The van der Waals surface area contributed by atoms with Crippen molar-refractivity contribution in [1.82, 2.24) is 4.98 Å². The molecule has 1 aromatic heterocycles. The standard InChI is InChI=1S/C10H15N3O/c1-3-7(2)14-9-6-4-5-8(13-9)10(11)12/h4-7H,3H2,1-2H3,(H3,11,12). The van der Waals surface area contributed by atoms with E-state index in [1.807, 2.05) is 13.8 Å². The molecule has 1 unspecified atom stereocenters. The summed E-state index contributed by atoms with van der Waals surface area (Å²) in [5.74, 6) is 0.478. The molecule has 1 aromatic rings. The Bertz CT molecular complexity index is 325. The van der Waals surface area contributed by atoms with Gasteiger partial charge in [0.2, 0.25) is 5.88 Å². The number of nitrogens with one attached hydrogen (secondary N) is 1. The van der Waals surface area contributed by atoms with E-state index in [9.17, 15) is 0 Å². The Kier molecular flexibility index (Phi) is 3.45. The summed E-state index contributed by atoms with van der Waals surface area (Å²) in [5.41, 5.74) is 5.76. The molecule has 76 valence electrons. The first-order chi connectivity index (χ1) is 6.63. The lowest BCUT2D eigenvalue weighted by molar-refractivity contribution is 0.208. The summed E-state index contributed by atoms with van der Waals surface area (Å²) in [6.45, 7) is 4.02. The van der Waals surface area contributed by atoms with Gasteiger partial charge in [-0.2, -0.15) is 0 Å². The van der Waals surface area contributed by atoms with Crippen LogP contribution in [-0.4, -0.2) is 16.9 Å². The Hall–Kier alpha value is -1.58. The Morgan fingerprint density at radius 1 is 1.64 bits per heavy atom. The number of pyridine rings is 1. The number of amidine groups is 1. The van der Waals surface area contributed by atoms with Gasteiger partial charge in [0.1, 0.15) is 11.5 Å². The molecule has 0 aromatic carbocycles. The third-order valence-electron chi connectivity index (χ3n) is 1.90. The van der Waals surface area contributed by atoms with E-state index >= 15 is 0 Å². The molecule has 1 heterocycles. The third-order valence-corrected chi connectivity index (χ3v) is 1.90. The summed E-state index contributed by atoms with van der Waals surface area (Å²) in [4.78, 5) is 4.09. The van der Waals surface area contributed by atoms with Gasteiger partial charge >= 0.3 is 0 Å². The number of ether oxygens (including phenoxy) is 1. The highest BCUT2D eigenvalue weighted by atomic mass is 16.5. The van der Waals surface area contributed by atoms with Gasteiger partial charge in [-0.05, 0) is 19.4 Å². The quantitative estimate of drug-likeness (QED) is 0.562. The summed E-state index contributed by atoms with van der Waals surface area (Å²) < 4.78 is 5.49. The molecule has 4 nitrogen and oxygen atoms in total. The molecule has 0 aliphatic carbocycles. The first-order valence-electron chi connectivity index (χ1n) is 4.61. The summed E-state index contributed by atoms with van der Waals surface area (Å²) in [7, 11) is 0. The molecular weight excluding hydrogens is 178 g/mol. The van der Waals surface area contributed by atoms with Crippen molar-refractivity contribution in [3.8, 4) is 5.88 Å². The van der Waals surface area contributed by atoms with Gasteiger partial charge in [-0.3, -0.25) is 5.41 Å². The second kappa shape index (κ2) is 4.60. The van der Waals surface area contributed by atoms with Crippen LogP contribution in [0.4, 0.5) is 0 Å². The molecule has 3 N–H and O–H groups in total. The van der Waals surface area contributed by atoms with Crippen LogP contribution in [0.5, 0.6) is 5.88 Å². The summed E-state index contributed by atoms with van der Waals surface area (Å²) in [6, 6.07) is 5.23. The van der Waals surface area contributed by atoms with E-state index in [1.54, 1.807) is 18.2 Å². The monoisotopic (exact) mass is 193 g/mol. The van der Waals surface area contributed by atoms with Crippen LogP contribution in [0.2, 0.25) is 0 Å². The molecule has 0 amide bonds. The molecule has 0 fully saturated rings. The van der Waals surface area contributed by atoms with Gasteiger partial charge in [0.25, 0.3) is 0 Å². The van der Waals surface area contributed by atoms with Crippen molar-refractivity contribution in [3.05, 3.63) is 23.9 Å². The van der Waals surface area contributed by atoms with Crippen LogP contribution in [0.1, 0.15) is 26.0 Å². The molecule has 0 bridgehead atoms. The van der Waals surface area contributed by atoms with Gasteiger partial charge in [0, 0.05) is 6.07 Å². The second-order valence-corrected chi connectivity index (χ2v) is 3.11. The average Bonchev–Trinajstić information content (AvgIpc) is 2.18. The van der Waals surface area contributed by atoms with Crippen LogP contribution in [0.25, 0.3) is 0 Å². The van der Waals surface area contributed by atoms with E-state index in [-0.39, 0.29) is 11.9 Å². The van der Waals surface area contributed by atoms with Crippen molar-refractivity contribution < 1.29 is 4.74 Å². The van der Waals surface area contributed by atoms with Crippen LogP contribution in [0.3, 0.4) is 0 Å². The molecule has 1 rings (SSSR count). The zero-order valence-electron chi connectivity index (χ0n) is 8.45. The maximum absolute atomic E-state index is 7.22. The number of rotatable bonds is 4. The van der Waals surface area contributed by atoms with E-state index in [1.165, 1.54) is 0 Å². The number of aromatic nitrogens is 1. The largest absolute Gasteiger partial charge is 0.475 e. The third kappa shape index (κ3) is 2.73. The van der Waals surface area contributed by atoms with E-state index < -0.39 is 0 Å². The zero-order chi connectivity index (χ0) is 10.6. The number of hydrogen-bond acceptors (Lipinski definition) is 3. The SMILES string of the molecule is CCC(C)Oc1cccc(C(=N)N)n1. The molecule has 14 heavy (non-hydrogen) atoms. The first kappa shape index (κ1) is 10.5. The maximum atomic E-state index is 7.22. The lowest BCUT2D eigenvalue weighted by Gasteiger charge is -2.11. The van der Waals surface area contributed by atoms with Crippen LogP contribution < -0.4 is 10.5 Å². The highest BCUT2D eigenvalue weighted by Crippen LogP contribution is 2.10. The lowest BCUT2D eigenvalue weighted by Crippen LogP contribution is -2.15. The molecular formula is C10H15N3O. The fourth-order valence-electron chi connectivity index (χ4n) is 0.920. The fourth-order valence-corrected chi connectivity index (χ4v) is 0.920. The smallest absolute Gasteiger partial charge is 0.214 e. The Morgan fingerprint density at radius 2 is 2.36 bits per heavy atom. The van der Waals surface area contributed by atoms with Crippen molar-refractivity contribution in [2.24, 2.45) is 5.73 Å². The van der Waals surface area contributed by atoms with Gasteiger partial charge < -0.3 is 10.5 Å². The predicted molar refractivity (Wildman–Crippen MR) is 55.6 cm³/mol. The topological polar surface area (TPSA) is 72.0 Å². The maximum Gasteiger partial charge on any atom is 0.214 e. The van der Waals surface area contributed by atoms with E-state index in [4.69, 9.17) is 15.9 Å². The normalized spacial score (nSPS) is 12.1. The molecule has 0 saturated heterocycles. The average molecular weight is 193 g/mol. The van der Waals surface area contributed by atoms with E-state index in [2.05, 4.69) is 4.98 Å². The molecule has 0 saturated carbocycles. The minimum absolute atomic E-state index is 0.0420. The van der Waals surface area contributed by atoms with Crippen molar-refractivity contribution in [2.75, 3.05) is 0 Å². The molecule has 4 heteroatoms. The molecule has 0 aliphatic rings. The first-order valence-corrected chi connectivity index (χ1v) is 4.61. The van der Waals surface area contributed by atoms with Gasteiger partial charge in [-0.15, -0.1) is 0 Å². The number of nitrogens with zero attached hydrogens (tertiary/aromatic N) is 1. The fraction of sp³-hybridized carbons (Fsp3) is 0.400. The Balaban J connectivity index is 2.78. The summed E-state index contributed by atoms with van der Waals surface area (Å²) >= 11 is 0. The highest BCUT2D eigenvalue weighted by molar-refractivity contribution is 5.93. The summed E-state index contributed by atoms with van der Waals surface area (Å²) in [6.07, 6.45) is 1.05. The number of nitrogen functional groups attached to an aromatic ring is 1. The molecule has 1 atom stereocenters. The molecule has 0 radical (unpaired) electrons. The zero-order valence-corrected chi connectivity index (χ0v) is 8.45. The van der Waals surface area contributed by atoms with Crippen molar-refractivity contribution in [1.29, 1.82) is 5.41 Å². The Labute approximate surface area is 83.6 Å². The van der Waals surface area contributed by atoms with Crippen LogP contribution >= 0.6 is 0 Å². The number of hydrogen-bond donors (Lipinski definition) is 2. The number of nitrogens with two attached hydrogens (primary N) is 1. The van der Waals surface area contributed by atoms with Crippen molar-refractivity contribution in [2.45, 2.75) is 26.4 Å². The van der Waals surface area contributed by atoms with Gasteiger partial charge in [0.15, 0.2) is 0 Å². The van der Waals surface area contributed by atoms with E-state index in [0.29, 0.717) is 11.6 Å². The van der Waals surface area contributed by atoms with Crippen molar-refractivity contribution in [3.63, 3.8) is 0 Å².